The van der Waals surface area contributed by atoms with Gasteiger partial charge < -0.3 is 9.47 Å². The maximum absolute atomic E-state index is 12.3. The Kier molecular flexibility index (Phi) is 6.48. The SMILES string of the molecule is CCCCOc1cccc(COc2cnn(C(C)(C)C)c(=O)c2Cl)c1. The minimum absolute atomic E-state index is 0.0419. The lowest BCUT2D eigenvalue weighted by molar-refractivity contribution is 0.288. The summed E-state index contributed by atoms with van der Waals surface area (Å²) in [5, 5.41) is 4.20. The Balaban J connectivity index is 2.08. The minimum Gasteiger partial charge on any atom is -0.494 e. The van der Waals surface area contributed by atoms with Gasteiger partial charge in [-0.05, 0) is 44.9 Å². The average Bonchev–Trinajstić information content (AvgIpc) is 2.56. The van der Waals surface area contributed by atoms with Gasteiger partial charge in [-0.3, -0.25) is 4.79 Å². The van der Waals surface area contributed by atoms with Gasteiger partial charge in [0.25, 0.3) is 5.56 Å². The zero-order chi connectivity index (χ0) is 18.4. The van der Waals surface area contributed by atoms with Crippen LogP contribution in [0.4, 0.5) is 0 Å². The quantitative estimate of drug-likeness (QED) is 0.683. The van der Waals surface area contributed by atoms with Gasteiger partial charge >= 0.3 is 0 Å². The molecule has 1 aromatic heterocycles. The third kappa shape index (κ3) is 5.23. The largest absolute Gasteiger partial charge is 0.494 e. The van der Waals surface area contributed by atoms with E-state index in [4.69, 9.17) is 21.1 Å². The third-order valence-electron chi connectivity index (χ3n) is 3.58. The first-order valence-corrected chi connectivity index (χ1v) is 8.83. The van der Waals surface area contributed by atoms with Crippen LogP contribution in [0.15, 0.2) is 35.3 Å². The molecule has 1 aromatic carbocycles. The molecule has 0 spiro atoms. The van der Waals surface area contributed by atoms with Crippen LogP contribution in [0.1, 0.15) is 46.1 Å². The molecule has 0 amide bonds. The van der Waals surface area contributed by atoms with E-state index >= 15 is 0 Å². The molecule has 0 saturated carbocycles. The molecule has 5 nitrogen and oxygen atoms in total. The van der Waals surface area contributed by atoms with Crippen molar-refractivity contribution in [3.63, 3.8) is 0 Å². The van der Waals surface area contributed by atoms with E-state index < -0.39 is 5.54 Å². The topological polar surface area (TPSA) is 53.4 Å². The number of halogens is 1. The predicted octanol–water partition coefficient (Wildman–Crippen LogP) is 4.41. The first-order valence-electron chi connectivity index (χ1n) is 8.45. The van der Waals surface area contributed by atoms with Crippen molar-refractivity contribution in [3.05, 3.63) is 51.4 Å². The van der Waals surface area contributed by atoms with Crippen LogP contribution in [-0.2, 0) is 12.1 Å². The smallest absolute Gasteiger partial charge is 0.289 e. The van der Waals surface area contributed by atoms with Crippen LogP contribution in [0.25, 0.3) is 0 Å². The number of rotatable bonds is 7. The van der Waals surface area contributed by atoms with Crippen molar-refractivity contribution in [3.8, 4) is 11.5 Å². The van der Waals surface area contributed by atoms with Gasteiger partial charge in [0, 0.05) is 0 Å². The molecular weight excluding hydrogens is 340 g/mol. The molecule has 0 aliphatic rings. The van der Waals surface area contributed by atoms with E-state index in [-0.39, 0.29) is 22.9 Å². The zero-order valence-corrected chi connectivity index (χ0v) is 16.0. The van der Waals surface area contributed by atoms with Crippen molar-refractivity contribution in [2.45, 2.75) is 52.7 Å². The summed E-state index contributed by atoms with van der Waals surface area (Å²) < 4.78 is 12.7. The fourth-order valence-corrected chi connectivity index (χ4v) is 2.40. The van der Waals surface area contributed by atoms with E-state index in [9.17, 15) is 4.79 Å². The Morgan fingerprint density at radius 2 is 2.00 bits per heavy atom. The van der Waals surface area contributed by atoms with E-state index in [0.717, 1.165) is 24.2 Å². The lowest BCUT2D eigenvalue weighted by atomic mass is 10.1. The van der Waals surface area contributed by atoms with Crippen LogP contribution >= 0.6 is 11.6 Å². The Morgan fingerprint density at radius 3 is 2.68 bits per heavy atom. The second-order valence-electron chi connectivity index (χ2n) is 6.85. The molecule has 0 N–H and O–H groups in total. The number of hydrogen-bond donors (Lipinski definition) is 0. The van der Waals surface area contributed by atoms with Gasteiger partial charge in [0.1, 0.15) is 12.4 Å². The molecule has 0 aliphatic carbocycles. The molecule has 0 unspecified atom stereocenters. The van der Waals surface area contributed by atoms with Gasteiger partial charge in [-0.15, -0.1) is 0 Å². The maximum atomic E-state index is 12.3. The summed E-state index contributed by atoms with van der Waals surface area (Å²) in [5.41, 5.74) is 0.136. The van der Waals surface area contributed by atoms with Crippen molar-refractivity contribution in [2.75, 3.05) is 6.61 Å². The summed E-state index contributed by atoms with van der Waals surface area (Å²) in [7, 11) is 0. The summed E-state index contributed by atoms with van der Waals surface area (Å²) >= 11 is 6.16. The molecule has 0 saturated heterocycles. The predicted molar refractivity (Wildman–Crippen MR) is 99.7 cm³/mol. The van der Waals surface area contributed by atoms with Gasteiger partial charge in [-0.25, -0.2) is 4.68 Å². The van der Waals surface area contributed by atoms with E-state index in [0.29, 0.717) is 6.61 Å². The highest BCUT2D eigenvalue weighted by Gasteiger charge is 2.20. The first kappa shape index (κ1) is 19.3. The van der Waals surface area contributed by atoms with Crippen molar-refractivity contribution in [2.24, 2.45) is 0 Å². The fraction of sp³-hybridized carbons (Fsp3) is 0.474. The van der Waals surface area contributed by atoms with Gasteiger partial charge in [0.15, 0.2) is 10.8 Å². The fourth-order valence-electron chi connectivity index (χ4n) is 2.22. The summed E-state index contributed by atoms with van der Waals surface area (Å²) in [6, 6.07) is 7.69. The maximum Gasteiger partial charge on any atom is 0.289 e. The summed E-state index contributed by atoms with van der Waals surface area (Å²) in [6.07, 6.45) is 3.59. The van der Waals surface area contributed by atoms with Crippen LogP contribution in [0.5, 0.6) is 11.5 Å². The van der Waals surface area contributed by atoms with Crippen LogP contribution < -0.4 is 15.0 Å². The Hall–Kier alpha value is -2.01. The molecule has 2 rings (SSSR count). The lowest BCUT2D eigenvalue weighted by Gasteiger charge is -2.21. The molecule has 0 bridgehead atoms. The molecule has 0 fully saturated rings. The molecular formula is C19H25ClN2O3. The summed E-state index contributed by atoms with van der Waals surface area (Å²) in [4.78, 5) is 12.3. The Bertz CT molecular complexity index is 766. The number of benzene rings is 1. The lowest BCUT2D eigenvalue weighted by Crippen LogP contribution is -2.36. The summed E-state index contributed by atoms with van der Waals surface area (Å²) in [5.74, 6) is 1.09. The zero-order valence-electron chi connectivity index (χ0n) is 15.2. The Morgan fingerprint density at radius 1 is 1.24 bits per heavy atom. The monoisotopic (exact) mass is 364 g/mol. The Labute approximate surface area is 153 Å². The molecule has 1 heterocycles. The standard InChI is InChI=1S/C19H25ClN2O3/c1-5-6-10-24-15-9-7-8-14(11-15)13-25-16-12-21-22(19(2,3)4)18(23)17(16)20/h7-9,11-12H,5-6,10,13H2,1-4H3. The van der Waals surface area contributed by atoms with Gasteiger partial charge in [0.05, 0.1) is 18.3 Å². The van der Waals surface area contributed by atoms with E-state index in [1.807, 2.05) is 45.0 Å². The highest BCUT2D eigenvalue weighted by Crippen LogP contribution is 2.22. The van der Waals surface area contributed by atoms with Gasteiger partial charge in [-0.1, -0.05) is 37.1 Å². The first-order chi connectivity index (χ1) is 11.8. The molecule has 0 radical (unpaired) electrons. The number of aromatic nitrogens is 2. The number of nitrogens with zero attached hydrogens (tertiary/aromatic N) is 2. The second-order valence-corrected chi connectivity index (χ2v) is 7.23. The van der Waals surface area contributed by atoms with Gasteiger partial charge in [0.2, 0.25) is 0 Å². The highest BCUT2D eigenvalue weighted by atomic mass is 35.5. The molecule has 0 aliphatic heterocycles. The normalized spacial score (nSPS) is 11.4. The third-order valence-corrected chi connectivity index (χ3v) is 3.93. The van der Waals surface area contributed by atoms with E-state index in [2.05, 4.69) is 12.0 Å². The molecule has 6 heteroatoms. The molecule has 0 atom stereocenters. The van der Waals surface area contributed by atoms with Crippen molar-refractivity contribution < 1.29 is 9.47 Å². The number of hydrogen-bond acceptors (Lipinski definition) is 4. The summed E-state index contributed by atoms with van der Waals surface area (Å²) in [6.45, 7) is 8.78. The van der Waals surface area contributed by atoms with Crippen molar-refractivity contribution in [1.82, 2.24) is 9.78 Å². The average molecular weight is 365 g/mol. The highest BCUT2D eigenvalue weighted by molar-refractivity contribution is 6.31. The van der Waals surface area contributed by atoms with E-state index in [1.54, 1.807) is 0 Å². The van der Waals surface area contributed by atoms with Crippen LogP contribution in [0, 0.1) is 0 Å². The van der Waals surface area contributed by atoms with Crippen LogP contribution in [-0.4, -0.2) is 16.4 Å². The molecule has 25 heavy (non-hydrogen) atoms. The van der Waals surface area contributed by atoms with Crippen molar-refractivity contribution >= 4 is 11.6 Å². The second kappa shape index (κ2) is 8.39. The number of ether oxygens (including phenoxy) is 2. The minimum atomic E-state index is -0.441. The van der Waals surface area contributed by atoms with Crippen LogP contribution in [0.3, 0.4) is 0 Å². The molecule has 2 aromatic rings. The number of unbranched alkanes of at least 4 members (excludes halogenated alkanes) is 1. The van der Waals surface area contributed by atoms with Crippen molar-refractivity contribution in [1.29, 1.82) is 0 Å². The van der Waals surface area contributed by atoms with Gasteiger partial charge in [-0.2, -0.15) is 5.10 Å². The van der Waals surface area contributed by atoms with E-state index in [1.165, 1.54) is 10.9 Å². The molecule has 136 valence electrons. The van der Waals surface area contributed by atoms with Crippen LogP contribution in [0.2, 0.25) is 5.02 Å².